The maximum absolute atomic E-state index is 12.4. The summed E-state index contributed by atoms with van der Waals surface area (Å²) in [6, 6.07) is 12.7. The lowest BCUT2D eigenvalue weighted by Gasteiger charge is -2.12. The van der Waals surface area contributed by atoms with E-state index in [-0.39, 0.29) is 11.0 Å². The number of carbonyl (C=O) groups is 1. The van der Waals surface area contributed by atoms with Crippen molar-refractivity contribution in [2.24, 2.45) is 5.73 Å². The third-order valence-electron chi connectivity index (χ3n) is 6.26. The van der Waals surface area contributed by atoms with Crippen LogP contribution in [0.1, 0.15) is 39.4 Å². The number of imidazole rings is 1. The van der Waals surface area contributed by atoms with Crippen molar-refractivity contribution in [3.05, 3.63) is 54.4 Å². The first-order valence-electron chi connectivity index (χ1n) is 12.0. The number of anilines is 2. The number of rotatable bonds is 6. The molecular formula is C26H27N7O3S. The highest BCUT2D eigenvalue weighted by Crippen LogP contribution is 2.34. The Bertz CT molecular complexity index is 1610. The summed E-state index contributed by atoms with van der Waals surface area (Å²) in [4.78, 5) is 23.5. The van der Waals surface area contributed by atoms with Crippen LogP contribution in [0.15, 0.2) is 53.2 Å². The predicted octanol–water partition coefficient (Wildman–Crippen LogP) is 5.41. The second kappa shape index (κ2) is 8.56. The fraction of sp³-hybridized carbons (Fsp3) is 0.308. The number of aromatic nitrogens is 4. The van der Waals surface area contributed by atoms with Gasteiger partial charge in [0, 0.05) is 35.0 Å². The molecule has 0 atom stereocenters. The zero-order valence-corrected chi connectivity index (χ0v) is 21.6. The van der Waals surface area contributed by atoms with Gasteiger partial charge in [-0.15, -0.1) is 0 Å². The molecule has 0 spiro atoms. The van der Waals surface area contributed by atoms with E-state index < -0.39 is 6.03 Å². The van der Waals surface area contributed by atoms with Crippen LogP contribution in [0.4, 0.5) is 16.3 Å². The highest BCUT2D eigenvalue weighted by Gasteiger charge is 2.39. The molecule has 1 aliphatic carbocycles. The molecule has 190 valence electrons. The number of urea groups is 1. The molecule has 10 nitrogen and oxygen atoms in total. The zero-order valence-electron chi connectivity index (χ0n) is 20.7. The lowest BCUT2D eigenvalue weighted by molar-refractivity contribution is 0.262. The van der Waals surface area contributed by atoms with Crippen molar-refractivity contribution in [3.8, 4) is 17.1 Å². The van der Waals surface area contributed by atoms with E-state index in [1.165, 1.54) is 11.3 Å². The van der Waals surface area contributed by atoms with E-state index in [9.17, 15) is 4.79 Å². The molecule has 0 unspecified atom stereocenters. The van der Waals surface area contributed by atoms with Crippen LogP contribution < -0.4 is 21.1 Å². The molecule has 4 aromatic heterocycles. The van der Waals surface area contributed by atoms with Crippen LogP contribution >= 0.6 is 11.3 Å². The van der Waals surface area contributed by atoms with Gasteiger partial charge >= 0.3 is 6.03 Å². The quantitative estimate of drug-likeness (QED) is 0.274. The summed E-state index contributed by atoms with van der Waals surface area (Å²) in [5.74, 6) is 1.64. The summed E-state index contributed by atoms with van der Waals surface area (Å²) in [6.45, 7) is 6.53. The van der Waals surface area contributed by atoms with Crippen molar-refractivity contribution < 1.29 is 14.1 Å². The van der Waals surface area contributed by atoms with Gasteiger partial charge in [-0.3, -0.25) is 9.72 Å². The summed E-state index contributed by atoms with van der Waals surface area (Å²) >= 11 is 1.51. The minimum absolute atomic E-state index is 0.183. The Morgan fingerprint density at radius 2 is 1.95 bits per heavy atom. The Morgan fingerprint density at radius 3 is 2.65 bits per heavy atom. The summed E-state index contributed by atoms with van der Waals surface area (Å²) < 4.78 is 13.1. The first-order chi connectivity index (χ1) is 17.6. The van der Waals surface area contributed by atoms with Crippen LogP contribution in [0.3, 0.4) is 0 Å². The number of amides is 2. The maximum atomic E-state index is 12.4. The Labute approximate surface area is 216 Å². The van der Waals surface area contributed by atoms with E-state index in [1.807, 2.05) is 67.8 Å². The van der Waals surface area contributed by atoms with Crippen LogP contribution in [0.25, 0.3) is 26.6 Å². The van der Waals surface area contributed by atoms with E-state index in [2.05, 4.69) is 20.8 Å². The number of carbonyl (C=O) groups excluding carboxylic acids is 1. The summed E-state index contributed by atoms with van der Waals surface area (Å²) in [5, 5.41) is 9.41. The molecule has 4 N–H and O–H groups in total. The van der Waals surface area contributed by atoms with E-state index in [1.54, 1.807) is 6.07 Å². The SMILES string of the molecule is CC(C)(C)c1cc(NC(=O)Nc2ccc(-c3cn4c(n3)sc3nc(OCC5(N)CC5)ccc34)cc2)no1. The monoisotopic (exact) mass is 517 g/mol. The molecule has 6 rings (SSSR count). The van der Waals surface area contributed by atoms with Crippen molar-refractivity contribution in [1.82, 2.24) is 19.5 Å². The second-order valence-electron chi connectivity index (χ2n) is 10.5. The Kier molecular flexibility index (Phi) is 5.42. The van der Waals surface area contributed by atoms with Crippen molar-refractivity contribution >= 4 is 44.2 Å². The number of nitrogens with two attached hydrogens (primary N) is 1. The molecule has 1 fully saturated rings. The number of hydrogen-bond acceptors (Lipinski definition) is 8. The fourth-order valence-electron chi connectivity index (χ4n) is 3.80. The number of ether oxygens (including phenoxy) is 1. The summed E-state index contributed by atoms with van der Waals surface area (Å²) in [7, 11) is 0. The molecule has 0 saturated heterocycles. The highest BCUT2D eigenvalue weighted by molar-refractivity contribution is 7.23. The van der Waals surface area contributed by atoms with Gasteiger partial charge in [-0.2, -0.15) is 0 Å². The molecule has 1 aliphatic rings. The number of fused-ring (bicyclic) bond motifs is 3. The zero-order chi connectivity index (χ0) is 25.8. The third-order valence-corrected chi connectivity index (χ3v) is 7.23. The minimum atomic E-state index is -0.398. The number of pyridine rings is 1. The lowest BCUT2D eigenvalue weighted by atomic mass is 9.93. The molecule has 2 amide bonds. The Hall–Kier alpha value is -3.96. The topological polar surface area (TPSA) is 133 Å². The first kappa shape index (κ1) is 23.4. The Balaban J connectivity index is 1.13. The van der Waals surface area contributed by atoms with Crippen molar-refractivity contribution in [2.75, 3.05) is 17.2 Å². The van der Waals surface area contributed by atoms with Gasteiger partial charge < -0.3 is 20.3 Å². The average Bonchev–Trinajstić information content (AvgIpc) is 3.19. The average molecular weight is 518 g/mol. The number of nitrogens with one attached hydrogen (secondary N) is 2. The molecule has 11 heteroatoms. The number of nitrogens with zero attached hydrogens (tertiary/aromatic N) is 4. The standard InChI is InChI=1S/C26H27N7O3S/c1-25(2,3)19-12-20(32-36-19)30-23(34)28-16-6-4-15(5-7-16)17-13-33-18-8-9-21(35-14-26(27)10-11-26)31-22(18)37-24(33)29-17/h4-9,12-13H,10-11,14,27H2,1-3H3,(H2,28,30,32,34). The molecule has 5 aromatic rings. The third kappa shape index (κ3) is 4.87. The van der Waals surface area contributed by atoms with Gasteiger partial charge in [-0.1, -0.05) is 49.4 Å². The first-order valence-corrected chi connectivity index (χ1v) is 12.8. The van der Waals surface area contributed by atoms with Crippen molar-refractivity contribution in [3.63, 3.8) is 0 Å². The van der Waals surface area contributed by atoms with E-state index >= 15 is 0 Å². The van der Waals surface area contributed by atoms with E-state index in [0.29, 0.717) is 29.8 Å². The molecule has 0 radical (unpaired) electrons. The molecule has 1 saturated carbocycles. The molecule has 0 bridgehead atoms. The van der Waals surface area contributed by atoms with Crippen LogP contribution in [-0.4, -0.2) is 37.7 Å². The summed E-state index contributed by atoms with van der Waals surface area (Å²) in [5.41, 5.74) is 9.12. The van der Waals surface area contributed by atoms with E-state index in [4.69, 9.17) is 20.0 Å². The summed E-state index contributed by atoms with van der Waals surface area (Å²) in [6.07, 6.45) is 3.98. The largest absolute Gasteiger partial charge is 0.476 e. The van der Waals surface area contributed by atoms with Gasteiger partial charge in [0.15, 0.2) is 10.8 Å². The van der Waals surface area contributed by atoms with Gasteiger partial charge in [-0.25, -0.2) is 14.8 Å². The number of benzene rings is 1. The van der Waals surface area contributed by atoms with E-state index in [0.717, 1.165) is 39.4 Å². The number of hydrogen-bond donors (Lipinski definition) is 3. The minimum Gasteiger partial charge on any atom is -0.476 e. The van der Waals surface area contributed by atoms with Crippen molar-refractivity contribution in [2.45, 2.75) is 44.6 Å². The van der Waals surface area contributed by atoms with Crippen LogP contribution in [0, 0.1) is 0 Å². The van der Waals surface area contributed by atoms with Crippen LogP contribution in [0.2, 0.25) is 0 Å². The normalized spacial score (nSPS) is 14.7. The van der Waals surface area contributed by atoms with Gasteiger partial charge in [-0.05, 0) is 31.0 Å². The van der Waals surface area contributed by atoms with Gasteiger partial charge in [0.25, 0.3) is 0 Å². The van der Waals surface area contributed by atoms with Gasteiger partial charge in [0.2, 0.25) is 5.88 Å². The van der Waals surface area contributed by atoms with Crippen molar-refractivity contribution in [1.29, 1.82) is 0 Å². The maximum Gasteiger partial charge on any atom is 0.324 e. The molecule has 37 heavy (non-hydrogen) atoms. The predicted molar refractivity (Wildman–Crippen MR) is 143 cm³/mol. The highest BCUT2D eigenvalue weighted by atomic mass is 32.1. The fourth-order valence-corrected chi connectivity index (χ4v) is 4.77. The molecule has 4 heterocycles. The van der Waals surface area contributed by atoms with Gasteiger partial charge in [0.05, 0.1) is 16.7 Å². The molecular weight excluding hydrogens is 490 g/mol. The smallest absolute Gasteiger partial charge is 0.324 e. The molecule has 1 aromatic carbocycles. The lowest BCUT2D eigenvalue weighted by Crippen LogP contribution is -2.29. The Morgan fingerprint density at radius 1 is 1.16 bits per heavy atom. The van der Waals surface area contributed by atoms with Crippen LogP contribution in [-0.2, 0) is 5.41 Å². The molecule has 0 aliphatic heterocycles. The van der Waals surface area contributed by atoms with Gasteiger partial charge in [0.1, 0.15) is 17.2 Å². The van der Waals surface area contributed by atoms with Crippen LogP contribution in [0.5, 0.6) is 5.88 Å². The second-order valence-corrected chi connectivity index (χ2v) is 11.4. The number of thiazole rings is 1.